The molecule has 0 bridgehead atoms. The number of amides is 2. The highest BCUT2D eigenvalue weighted by Gasteiger charge is 2.24. The van der Waals surface area contributed by atoms with Crippen LogP contribution in [0.3, 0.4) is 0 Å². The Kier molecular flexibility index (Phi) is 4.99. The molecule has 0 unspecified atom stereocenters. The maximum absolute atomic E-state index is 11.7. The van der Waals surface area contributed by atoms with E-state index in [0.717, 1.165) is 24.8 Å². The fourth-order valence-electron chi connectivity index (χ4n) is 2.05. The number of hydrogen-bond acceptors (Lipinski definition) is 2. The lowest BCUT2D eigenvalue weighted by Crippen LogP contribution is -2.34. The van der Waals surface area contributed by atoms with Crippen LogP contribution in [0.2, 0.25) is 0 Å². The Labute approximate surface area is 125 Å². The standard InChI is InChI=1S/C17H20N2O2/c1-19(2)17(21)15-10-8-13(9-11-15)5-4-12-18-16(20)14-6-3-7-14/h8-11,14H,3,6-7,12H2,1-2H3,(H,18,20). The smallest absolute Gasteiger partial charge is 0.253 e. The summed E-state index contributed by atoms with van der Waals surface area (Å²) in [5, 5.41) is 2.83. The molecule has 0 aromatic heterocycles. The van der Waals surface area contributed by atoms with E-state index < -0.39 is 0 Å². The third kappa shape index (κ3) is 4.09. The Bertz CT molecular complexity index is 575. The summed E-state index contributed by atoms with van der Waals surface area (Å²) >= 11 is 0. The van der Waals surface area contributed by atoms with E-state index in [1.54, 1.807) is 26.2 Å². The van der Waals surface area contributed by atoms with Crippen LogP contribution in [0.4, 0.5) is 0 Å². The van der Waals surface area contributed by atoms with Crippen LogP contribution in [0.25, 0.3) is 0 Å². The third-order valence-electron chi connectivity index (χ3n) is 3.60. The Balaban J connectivity index is 1.84. The molecular formula is C17H20N2O2. The van der Waals surface area contributed by atoms with E-state index in [9.17, 15) is 9.59 Å². The summed E-state index contributed by atoms with van der Waals surface area (Å²) in [6.07, 6.45) is 3.16. The summed E-state index contributed by atoms with van der Waals surface area (Å²) in [6, 6.07) is 7.16. The van der Waals surface area contributed by atoms with E-state index in [1.807, 2.05) is 12.1 Å². The molecule has 0 heterocycles. The zero-order valence-corrected chi connectivity index (χ0v) is 12.5. The van der Waals surface area contributed by atoms with Crippen molar-refractivity contribution in [1.29, 1.82) is 0 Å². The number of benzene rings is 1. The molecule has 4 heteroatoms. The van der Waals surface area contributed by atoms with Gasteiger partial charge in [0.15, 0.2) is 0 Å². The van der Waals surface area contributed by atoms with Crippen molar-refractivity contribution in [2.45, 2.75) is 19.3 Å². The Morgan fingerprint density at radius 3 is 2.43 bits per heavy atom. The molecule has 1 fully saturated rings. The normalized spacial score (nSPS) is 13.6. The van der Waals surface area contributed by atoms with Crippen molar-refractivity contribution >= 4 is 11.8 Å². The number of carbonyl (C=O) groups excluding carboxylic acids is 2. The average Bonchev–Trinajstić information content (AvgIpc) is 2.41. The summed E-state index contributed by atoms with van der Waals surface area (Å²) in [4.78, 5) is 24.9. The Morgan fingerprint density at radius 2 is 1.90 bits per heavy atom. The van der Waals surface area contributed by atoms with Gasteiger partial charge in [-0.05, 0) is 37.1 Å². The second-order valence-corrected chi connectivity index (χ2v) is 5.42. The molecule has 0 spiro atoms. The molecule has 1 N–H and O–H groups in total. The van der Waals surface area contributed by atoms with Gasteiger partial charge in [-0.1, -0.05) is 18.3 Å². The minimum atomic E-state index is -0.0257. The zero-order valence-electron chi connectivity index (χ0n) is 12.5. The summed E-state index contributed by atoms with van der Waals surface area (Å²) in [5.41, 5.74) is 1.48. The van der Waals surface area contributed by atoms with Crippen molar-refractivity contribution in [3.05, 3.63) is 35.4 Å². The van der Waals surface area contributed by atoms with E-state index in [4.69, 9.17) is 0 Å². The summed E-state index contributed by atoms with van der Waals surface area (Å²) in [7, 11) is 3.45. The lowest BCUT2D eigenvalue weighted by molar-refractivity contribution is -0.127. The monoisotopic (exact) mass is 284 g/mol. The predicted octanol–water partition coefficient (Wildman–Crippen LogP) is 1.66. The highest BCUT2D eigenvalue weighted by Crippen LogP contribution is 2.25. The van der Waals surface area contributed by atoms with Crippen LogP contribution in [0, 0.1) is 17.8 Å². The molecular weight excluding hydrogens is 264 g/mol. The van der Waals surface area contributed by atoms with Crippen molar-refractivity contribution in [3.63, 3.8) is 0 Å². The quantitative estimate of drug-likeness (QED) is 0.858. The van der Waals surface area contributed by atoms with Crippen LogP contribution in [0.5, 0.6) is 0 Å². The van der Waals surface area contributed by atoms with Gasteiger partial charge in [-0.15, -0.1) is 0 Å². The average molecular weight is 284 g/mol. The van der Waals surface area contributed by atoms with Crippen molar-refractivity contribution in [2.75, 3.05) is 20.6 Å². The molecule has 2 rings (SSSR count). The molecule has 1 saturated carbocycles. The van der Waals surface area contributed by atoms with Gasteiger partial charge in [-0.2, -0.15) is 0 Å². The van der Waals surface area contributed by atoms with Gasteiger partial charge < -0.3 is 10.2 Å². The van der Waals surface area contributed by atoms with Crippen molar-refractivity contribution < 1.29 is 9.59 Å². The molecule has 1 aromatic rings. The van der Waals surface area contributed by atoms with Crippen molar-refractivity contribution in [2.24, 2.45) is 5.92 Å². The number of rotatable bonds is 3. The number of carbonyl (C=O) groups is 2. The fraction of sp³-hybridized carbons (Fsp3) is 0.412. The second kappa shape index (κ2) is 6.94. The first-order valence-corrected chi connectivity index (χ1v) is 7.16. The Morgan fingerprint density at radius 1 is 1.24 bits per heavy atom. The molecule has 0 aliphatic heterocycles. The fourth-order valence-corrected chi connectivity index (χ4v) is 2.05. The maximum atomic E-state index is 11.7. The van der Waals surface area contributed by atoms with Crippen molar-refractivity contribution in [3.8, 4) is 11.8 Å². The van der Waals surface area contributed by atoms with Gasteiger partial charge in [-0.25, -0.2) is 0 Å². The summed E-state index contributed by atoms with van der Waals surface area (Å²) in [5.74, 6) is 6.20. The molecule has 1 aliphatic carbocycles. The van der Waals surface area contributed by atoms with Gasteiger partial charge in [0, 0.05) is 31.1 Å². The second-order valence-electron chi connectivity index (χ2n) is 5.42. The number of nitrogens with zero attached hydrogens (tertiary/aromatic N) is 1. The van der Waals surface area contributed by atoms with Crippen LogP contribution < -0.4 is 5.32 Å². The molecule has 21 heavy (non-hydrogen) atoms. The van der Waals surface area contributed by atoms with E-state index in [2.05, 4.69) is 17.2 Å². The molecule has 110 valence electrons. The van der Waals surface area contributed by atoms with E-state index in [-0.39, 0.29) is 17.7 Å². The van der Waals surface area contributed by atoms with Crippen LogP contribution in [-0.2, 0) is 4.79 Å². The topological polar surface area (TPSA) is 49.4 Å². The molecule has 2 amide bonds. The largest absolute Gasteiger partial charge is 0.345 e. The minimum Gasteiger partial charge on any atom is -0.345 e. The molecule has 0 saturated heterocycles. The highest BCUT2D eigenvalue weighted by molar-refractivity contribution is 5.93. The van der Waals surface area contributed by atoms with Crippen LogP contribution in [0.15, 0.2) is 24.3 Å². The molecule has 1 aliphatic rings. The summed E-state index contributed by atoms with van der Waals surface area (Å²) in [6.45, 7) is 0.369. The van der Waals surface area contributed by atoms with Gasteiger partial charge in [-0.3, -0.25) is 9.59 Å². The molecule has 0 atom stereocenters. The van der Waals surface area contributed by atoms with E-state index in [0.29, 0.717) is 12.1 Å². The third-order valence-corrected chi connectivity index (χ3v) is 3.60. The molecule has 4 nitrogen and oxygen atoms in total. The van der Waals surface area contributed by atoms with E-state index >= 15 is 0 Å². The first-order chi connectivity index (χ1) is 10.1. The first kappa shape index (κ1) is 15.1. The number of hydrogen-bond donors (Lipinski definition) is 1. The van der Waals surface area contributed by atoms with Gasteiger partial charge in [0.25, 0.3) is 5.91 Å². The number of nitrogens with one attached hydrogen (secondary N) is 1. The highest BCUT2D eigenvalue weighted by atomic mass is 16.2. The van der Waals surface area contributed by atoms with Gasteiger partial charge >= 0.3 is 0 Å². The summed E-state index contributed by atoms with van der Waals surface area (Å²) < 4.78 is 0. The van der Waals surface area contributed by atoms with Crippen LogP contribution >= 0.6 is 0 Å². The minimum absolute atomic E-state index is 0.0257. The predicted molar refractivity (Wildman–Crippen MR) is 81.7 cm³/mol. The zero-order chi connectivity index (χ0) is 15.2. The lowest BCUT2D eigenvalue weighted by atomic mass is 9.85. The van der Waals surface area contributed by atoms with Crippen LogP contribution in [0.1, 0.15) is 35.2 Å². The lowest BCUT2D eigenvalue weighted by Gasteiger charge is -2.23. The van der Waals surface area contributed by atoms with E-state index in [1.165, 1.54) is 4.90 Å². The SMILES string of the molecule is CN(C)C(=O)c1ccc(C#CCNC(=O)C2CCC2)cc1. The van der Waals surface area contributed by atoms with Gasteiger partial charge in [0.05, 0.1) is 6.54 Å². The van der Waals surface area contributed by atoms with Gasteiger partial charge in [0.2, 0.25) is 5.91 Å². The Hall–Kier alpha value is -2.28. The van der Waals surface area contributed by atoms with Crippen molar-refractivity contribution in [1.82, 2.24) is 10.2 Å². The molecule has 1 aromatic carbocycles. The first-order valence-electron chi connectivity index (χ1n) is 7.16. The molecule has 0 radical (unpaired) electrons. The van der Waals surface area contributed by atoms with Crippen LogP contribution in [-0.4, -0.2) is 37.4 Å². The maximum Gasteiger partial charge on any atom is 0.253 e. The van der Waals surface area contributed by atoms with Gasteiger partial charge in [0.1, 0.15) is 0 Å².